The molecule has 7 heavy (non-hydrogen) atoms. The minimum Gasteiger partial charge on any atom is -0.385 e. The lowest BCUT2D eigenvalue weighted by Crippen LogP contribution is -2.06. The first-order valence-electron chi connectivity index (χ1n) is 2.01. The van der Waals surface area contributed by atoms with Crippen LogP contribution in [0, 0.1) is 0 Å². The monoisotopic (exact) mass is 116 g/mol. The van der Waals surface area contributed by atoms with Crippen LogP contribution in [0.1, 0.15) is 0 Å². The van der Waals surface area contributed by atoms with E-state index < -0.39 is 0 Å². The highest BCUT2D eigenvalue weighted by Gasteiger charge is 1.95. The standard InChI is InChI=1S/C4H5ClN2/c5-7-4-1-2-6-3-4/h1-2,6H,3H2. The van der Waals surface area contributed by atoms with Crippen molar-refractivity contribution in [3.63, 3.8) is 0 Å². The Morgan fingerprint density at radius 3 is 3.00 bits per heavy atom. The molecule has 0 fully saturated rings. The van der Waals surface area contributed by atoms with Gasteiger partial charge in [-0.3, -0.25) is 0 Å². The molecule has 1 aliphatic heterocycles. The van der Waals surface area contributed by atoms with Crippen molar-refractivity contribution in [3.8, 4) is 0 Å². The minimum absolute atomic E-state index is 0.767. The topological polar surface area (TPSA) is 24.4 Å². The van der Waals surface area contributed by atoms with E-state index in [2.05, 4.69) is 9.83 Å². The van der Waals surface area contributed by atoms with Crippen LogP contribution < -0.4 is 5.32 Å². The molecule has 0 aromatic rings. The Hall–Kier alpha value is -0.500. The van der Waals surface area contributed by atoms with Gasteiger partial charge in [0.25, 0.3) is 0 Å². The summed E-state index contributed by atoms with van der Waals surface area (Å²) in [6.45, 7) is 0.767. The second-order valence-electron chi connectivity index (χ2n) is 1.29. The Morgan fingerprint density at radius 2 is 2.71 bits per heavy atom. The summed E-state index contributed by atoms with van der Waals surface area (Å²) in [5, 5.41) is 2.93. The Bertz CT molecular complexity index is 114. The van der Waals surface area contributed by atoms with Crippen LogP contribution in [-0.2, 0) is 0 Å². The first-order valence-corrected chi connectivity index (χ1v) is 2.35. The number of nitrogens with zero attached hydrogens (tertiary/aromatic N) is 1. The van der Waals surface area contributed by atoms with E-state index in [4.69, 9.17) is 11.8 Å². The third kappa shape index (κ3) is 0.933. The Kier molecular flexibility index (Phi) is 1.32. The molecule has 0 aromatic heterocycles. The van der Waals surface area contributed by atoms with Gasteiger partial charge in [0, 0.05) is 11.8 Å². The summed E-state index contributed by atoms with van der Waals surface area (Å²) in [7, 11) is 0. The van der Waals surface area contributed by atoms with Crippen molar-refractivity contribution in [1.29, 1.82) is 0 Å². The van der Waals surface area contributed by atoms with Crippen LogP contribution >= 0.6 is 11.8 Å². The molecule has 0 aliphatic carbocycles. The molecule has 3 heteroatoms. The predicted octanol–water partition coefficient (Wildman–Crippen LogP) is 0.698. The molecular weight excluding hydrogens is 112 g/mol. The quantitative estimate of drug-likeness (QED) is 0.495. The summed E-state index contributed by atoms with van der Waals surface area (Å²) >= 11 is 5.10. The summed E-state index contributed by atoms with van der Waals surface area (Å²) in [6, 6.07) is 0. The molecule has 1 heterocycles. The van der Waals surface area contributed by atoms with Crippen LogP contribution in [-0.4, -0.2) is 12.3 Å². The average Bonchev–Trinajstić information content (AvgIpc) is 2.14. The fraction of sp³-hybridized carbons (Fsp3) is 0.250. The molecule has 0 radical (unpaired) electrons. The van der Waals surface area contributed by atoms with Gasteiger partial charge in [0.05, 0.1) is 12.3 Å². The van der Waals surface area contributed by atoms with Gasteiger partial charge in [-0.1, -0.05) is 0 Å². The maximum Gasteiger partial charge on any atom is 0.0755 e. The fourth-order valence-electron chi connectivity index (χ4n) is 0.436. The number of hydrogen-bond acceptors (Lipinski definition) is 2. The molecule has 0 bridgehead atoms. The molecule has 0 amide bonds. The van der Waals surface area contributed by atoms with Gasteiger partial charge in [0.1, 0.15) is 0 Å². The van der Waals surface area contributed by atoms with Crippen LogP contribution in [0.4, 0.5) is 0 Å². The molecule has 1 aliphatic rings. The van der Waals surface area contributed by atoms with Crippen molar-refractivity contribution in [1.82, 2.24) is 5.32 Å². The summed E-state index contributed by atoms with van der Waals surface area (Å²) in [4.78, 5) is 0. The van der Waals surface area contributed by atoms with E-state index in [9.17, 15) is 0 Å². The number of halogens is 1. The molecule has 0 saturated heterocycles. The van der Waals surface area contributed by atoms with Gasteiger partial charge in [-0.05, 0) is 12.3 Å². The van der Waals surface area contributed by atoms with E-state index in [1.165, 1.54) is 0 Å². The molecule has 0 aromatic carbocycles. The summed E-state index contributed by atoms with van der Waals surface area (Å²) in [5.41, 5.74) is 0.890. The molecule has 2 nitrogen and oxygen atoms in total. The maximum atomic E-state index is 5.10. The van der Waals surface area contributed by atoms with Crippen molar-refractivity contribution in [2.75, 3.05) is 6.54 Å². The molecule has 0 unspecified atom stereocenters. The van der Waals surface area contributed by atoms with E-state index in [0.717, 1.165) is 12.3 Å². The third-order valence-corrected chi connectivity index (χ3v) is 1.00. The zero-order valence-electron chi connectivity index (χ0n) is 3.69. The van der Waals surface area contributed by atoms with Gasteiger partial charge in [-0.25, -0.2) is 0 Å². The van der Waals surface area contributed by atoms with Gasteiger partial charge < -0.3 is 5.32 Å². The largest absolute Gasteiger partial charge is 0.385 e. The first-order chi connectivity index (χ1) is 3.43. The molecular formula is C4H5ClN2. The van der Waals surface area contributed by atoms with Crippen LogP contribution in [0.5, 0.6) is 0 Å². The molecule has 1 rings (SSSR count). The molecule has 38 valence electrons. The van der Waals surface area contributed by atoms with E-state index >= 15 is 0 Å². The lowest BCUT2D eigenvalue weighted by atomic mass is 10.4. The van der Waals surface area contributed by atoms with Crippen LogP contribution in [0.2, 0.25) is 0 Å². The van der Waals surface area contributed by atoms with Gasteiger partial charge in [0.2, 0.25) is 0 Å². The SMILES string of the molecule is ClN=C1C=CNC1. The maximum absolute atomic E-state index is 5.10. The highest BCUT2D eigenvalue weighted by Crippen LogP contribution is 1.89. The van der Waals surface area contributed by atoms with Crippen LogP contribution in [0.15, 0.2) is 16.8 Å². The smallest absolute Gasteiger partial charge is 0.0755 e. The van der Waals surface area contributed by atoms with Crippen LogP contribution in [0.3, 0.4) is 0 Å². The molecule has 0 saturated carbocycles. The van der Waals surface area contributed by atoms with Crippen molar-refractivity contribution in [3.05, 3.63) is 12.3 Å². The van der Waals surface area contributed by atoms with E-state index in [0.29, 0.717) is 0 Å². The van der Waals surface area contributed by atoms with Crippen molar-refractivity contribution in [2.45, 2.75) is 0 Å². The second kappa shape index (κ2) is 1.98. The Morgan fingerprint density at radius 1 is 1.86 bits per heavy atom. The fourth-order valence-corrected chi connectivity index (χ4v) is 0.552. The molecule has 0 atom stereocenters. The van der Waals surface area contributed by atoms with Crippen molar-refractivity contribution >= 4 is 17.5 Å². The average molecular weight is 117 g/mol. The van der Waals surface area contributed by atoms with Crippen molar-refractivity contribution < 1.29 is 0 Å². The first kappa shape index (κ1) is 4.65. The van der Waals surface area contributed by atoms with Gasteiger partial charge >= 0.3 is 0 Å². The zero-order valence-corrected chi connectivity index (χ0v) is 4.44. The number of rotatable bonds is 0. The van der Waals surface area contributed by atoms with E-state index in [1.54, 1.807) is 0 Å². The lowest BCUT2D eigenvalue weighted by molar-refractivity contribution is 1.06. The van der Waals surface area contributed by atoms with E-state index in [-0.39, 0.29) is 0 Å². The minimum atomic E-state index is 0.767. The Balaban J connectivity index is 2.59. The molecule has 0 spiro atoms. The van der Waals surface area contributed by atoms with Crippen molar-refractivity contribution in [2.24, 2.45) is 4.51 Å². The second-order valence-corrected chi connectivity index (χ2v) is 1.46. The predicted molar refractivity (Wildman–Crippen MR) is 30.4 cm³/mol. The van der Waals surface area contributed by atoms with Gasteiger partial charge in [-0.2, -0.15) is 4.51 Å². The normalized spacial score (nSPS) is 23.3. The highest BCUT2D eigenvalue weighted by atomic mass is 35.5. The number of nitrogens with one attached hydrogen (secondary N) is 1. The lowest BCUT2D eigenvalue weighted by Gasteiger charge is -1.83. The van der Waals surface area contributed by atoms with E-state index in [1.807, 2.05) is 12.3 Å². The summed E-state index contributed by atoms with van der Waals surface area (Å²) in [6.07, 6.45) is 3.66. The third-order valence-electron chi connectivity index (χ3n) is 0.785. The van der Waals surface area contributed by atoms with Gasteiger partial charge in [0.15, 0.2) is 0 Å². The summed E-state index contributed by atoms with van der Waals surface area (Å²) < 4.78 is 3.43. The zero-order chi connectivity index (χ0) is 5.11. The number of hydrogen-bond donors (Lipinski definition) is 1. The molecule has 1 N–H and O–H groups in total. The highest BCUT2D eigenvalue weighted by molar-refractivity contribution is 6.22. The summed E-state index contributed by atoms with van der Waals surface area (Å²) in [5.74, 6) is 0. The van der Waals surface area contributed by atoms with Gasteiger partial charge in [-0.15, -0.1) is 0 Å². The Labute approximate surface area is 47.0 Å². The van der Waals surface area contributed by atoms with Crippen LogP contribution in [0.25, 0.3) is 0 Å².